The first-order valence-corrected chi connectivity index (χ1v) is 13.0. The highest BCUT2D eigenvalue weighted by molar-refractivity contribution is 5.65. The smallest absolute Gasteiger partial charge is 0.111 e. The zero-order chi connectivity index (χ0) is 22.4. The third kappa shape index (κ3) is 6.66. The molecule has 4 N–H and O–H groups in total. The van der Waals surface area contributed by atoms with Crippen molar-refractivity contribution in [3.05, 3.63) is 0 Å². The van der Waals surface area contributed by atoms with Crippen LogP contribution in [-0.2, 0) is 4.79 Å². The van der Waals surface area contributed by atoms with E-state index in [0.717, 1.165) is 49.6 Å². The number of fused-ring (bicyclic) bond motifs is 3. The largest absolute Gasteiger partial charge is 0.550 e. The summed E-state index contributed by atoms with van der Waals surface area (Å²) in [4.78, 5) is 12.7. The summed E-state index contributed by atoms with van der Waals surface area (Å²) in [5.41, 5.74) is -1.19. The summed E-state index contributed by atoms with van der Waals surface area (Å²) < 4.78 is 0. The van der Waals surface area contributed by atoms with Gasteiger partial charge in [-0.3, -0.25) is 0 Å². The molecule has 0 amide bonds. The van der Waals surface area contributed by atoms with Gasteiger partial charge >= 0.3 is 0 Å². The van der Waals surface area contributed by atoms with Gasteiger partial charge in [-0.25, -0.2) is 0 Å². The van der Waals surface area contributed by atoms with Crippen molar-refractivity contribution < 1.29 is 25.0 Å². The summed E-state index contributed by atoms with van der Waals surface area (Å²) in [6, 6.07) is 1.18. The molecule has 0 aromatic carbocycles. The van der Waals surface area contributed by atoms with Crippen molar-refractivity contribution in [3.8, 4) is 0 Å². The van der Waals surface area contributed by atoms with Crippen LogP contribution >= 0.6 is 0 Å². The lowest BCUT2D eigenvalue weighted by Crippen LogP contribution is -3.22. The molecule has 31 heavy (non-hydrogen) atoms. The van der Waals surface area contributed by atoms with Gasteiger partial charge in [-0.2, -0.15) is 0 Å². The van der Waals surface area contributed by atoms with Crippen molar-refractivity contribution in [2.24, 2.45) is 17.8 Å². The second kappa shape index (κ2) is 11.4. The zero-order valence-electron chi connectivity index (χ0n) is 19.8. The van der Waals surface area contributed by atoms with Crippen LogP contribution < -0.4 is 15.3 Å². The number of likely N-dealkylation sites (N-methyl/N-ethyl adjacent to an activating group) is 1. The van der Waals surface area contributed by atoms with Gasteiger partial charge in [0.1, 0.15) is 12.1 Å². The molecule has 3 fully saturated rings. The number of carbonyl (C=O) groups is 1. The molecule has 1 saturated carbocycles. The quantitative estimate of drug-likeness (QED) is 0.355. The highest BCUT2D eigenvalue weighted by atomic mass is 16.4. The van der Waals surface area contributed by atoms with E-state index in [4.69, 9.17) is 0 Å². The van der Waals surface area contributed by atoms with Crippen LogP contribution in [0.5, 0.6) is 0 Å². The fraction of sp³-hybridized carbons (Fsp3) is 0.960. The second-order valence-corrected chi connectivity index (χ2v) is 10.9. The van der Waals surface area contributed by atoms with E-state index in [1.807, 2.05) is 6.92 Å². The first-order chi connectivity index (χ1) is 14.8. The average molecular weight is 439 g/mol. The number of rotatable bonds is 11. The number of aliphatic hydroxyl groups excluding tert-OH is 1. The number of aliphatic carboxylic acids is 1. The first-order valence-electron chi connectivity index (χ1n) is 13.0. The SMILES string of the molecule is CCNCC(O)(CCCCCC1CCC2C(CC[NH+]3C(C)C(O)CCC23)C1)CC(=O)[O-]. The third-order valence-electron chi connectivity index (χ3n) is 8.81. The summed E-state index contributed by atoms with van der Waals surface area (Å²) in [5, 5.41) is 35.0. The Morgan fingerprint density at radius 2 is 1.97 bits per heavy atom. The molecule has 0 aromatic heterocycles. The molecule has 0 radical (unpaired) electrons. The van der Waals surface area contributed by atoms with Crippen molar-refractivity contribution in [1.29, 1.82) is 0 Å². The summed E-state index contributed by atoms with van der Waals surface area (Å²) in [6.07, 6.45) is 12.1. The number of aliphatic hydroxyl groups is 2. The molecule has 3 rings (SSSR count). The predicted molar refractivity (Wildman–Crippen MR) is 119 cm³/mol. The number of piperidine rings is 2. The van der Waals surface area contributed by atoms with Crippen molar-refractivity contribution in [3.63, 3.8) is 0 Å². The van der Waals surface area contributed by atoms with Crippen LogP contribution in [0.1, 0.15) is 90.9 Å². The zero-order valence-corrected chi connectivity index (χ0v) is 19.8. The predicted octanol–water partition coefficient (Wildman–Crippen LogP) is 0.650. The minimum Gasteiger partial charge on any atom is -0.550 e. The number of carboxylic acid groups (broad SMARTS) is 1. The number of hydrogen-bond donors (Lipinski definition) is 4. The standard InChI is InChI=1S/C25H46N2O4/c1-3-26-17-25(31,16-24(29)30)13-6-4-5-7-19-8-9-21-20(15-19)12-14-27-18(2)23(28)11-10-22(21)27/h18-23,26,28,31H,3-17H2,1-2H3,(H,29,30). The maximum absolute atomic E-state index is 11.0. The number of carbonyl (C=O) groups excluding carboxylic acids is 1. The molecule has 2 aliphatic heterocycles. The molecule has 8 atom stereocenters. The molecular formula is C25H46N2O4. The van der Waals surface area contributed by atoms with Crippen LogP contribution in [0, 0.1) is 17.8 Å². The lowest BCUT2D eigenvalue weighted by atomic mass is 9.64. The molecule has 6 heteroatoms. The van der Waals surface area contributed by atoms with Gasteiger partial charge in [0.2, 0.25) is 0 Å². The van der Waals surface area contributed by atoms with Gasteiger partial charge in [0.05, 0.1) is 18.2 Å². The number of nitrogens with one attached hydrogen (secondary N) is 2. The van der Waals surface area contributed by atoms with Crippen molar-refractivity contribution >= 4 is 5.97 Å². The fourth-order valence-corrected chi connectivity index (χ4v) is 7.06. The summed E-state index contributed by atoms with van der Waals surface area (Å²) >= 11 is 0. The monoisotopic (exact) mass is 438 g/mol. The maximum atomic E-state index is 11.0. The minimum absolute atomic E-state index is 0.110. The van der Waals surface area contributed by atoms with Crippen LogP contribution in [0.2, 0.25) is 0 Å². The van der Waals surface area contributed by atoms with E-state index in [2.05, 4.69) is 12.2 Å². The minimum atomic E-state index is -1.19. The Bertz CT molecular complexity index is 574. The van der Waals surface area contributed by atoms with Gasteiger partial charge < -0.3 is 30.3 Å². The average Bonchev–Trinajstić information content (AvgIpc) is 2.73. The summed E-state index contributed by atoms with van der Waals surface area (Å²) in [6.45, 7) is 6.47. The molecule has 2 heterocycles. The van der Waals surface area contributed by atoms with E-state index in [-0.39, 0.29) is 12.5 Å². The van der Waals surface area contributed by atoms with Gasteiger partial charge in [0.25, 0.3) is 0 Å². The molecule has 3 aliphatic rings. The number of hydrogen-bond acceptors (Lipinski definition) is 5. The highest BCUT2D eigenvalue weighted by Gasteiger charge is 2.48. The Hall–Kier alpha value is -0.690. The molecule has 0 aromatic rings. The lowest BCUT2D eigenvalue weighted by molar-refractivity contribution is -0.967. The Kier molecular flexibility index (Phi) is 9.21. The normalized spacial score (nSPS) is 37.5. The molecule has 8 unspecified atom stereocenters. The highest BCUT2D eigenvalue weighted by Crippen LogP contribution is 2.42. The molecule has 2 saturated heterocycles. The molecule has 180 valence electrons. The van der Waals surface area contributed by atoms with Crippen molar-refractivity contribution in [2.45, 2.75) is 115 Å². The maximum Gasteiger partial charge on any atom is 0.111 e. The Morgan fingerprint density at radius 3 is 2.71 bits per heavy atom. The third-order valence-corrected chi connectivity index (χ3v) is 8.81. The van der Waals surface area contributed by atoms with E-state index in [9.17, 15) is 20.1 Å². The van der Waals surface area contributed by atoms with E-state index in [1.165, 1.54) is 51.5 Å². The fourth-order valence-electron chi connectivity index (χ4n) is 7.06. The molecule has 1 aliphatic carbocycles. The Morgan fingerprint density at radius 1 is 1.16 bits per heavy atom. The van der Waals surface area contributed by atoms with Crippen LogP contribution in [0.3, 0.4) is 0 Å². The lowest BCUT2D eigenvalue weighted by Gasteiger charge is -2.51. The topological polar surface area (TPSA) is 97.1 Å². The van der Waals surface area contributed by atoms with Gasteiger partial charge in [-0.1, -0.05) is 32.6 Å². The van der Waals surface area contributed by atoms with Crippen LogP contribution in [-0.4, -0.2) is 59.6 Å². The summed E-state index contributed by atoms with van der Waals surface area (Å²) in [5.74, 6) is 1.40. The molecular weight excluding hydrogens is 392 g/mol. The van der Waals surface area contributed by atoms with Crippen molar-refractivity contribution in [2.75, 3.05) is 19.6 Å². The van der Waals surface area contributed by atoms with E-state index in [1.54, 1.807) is 4.90 Å². The molecule has 0 spiro atoms. The van der Waals surface area contributed by atoms with Gasteiger partial charge in [0.15, 0.2) is 0 Å². The van der Waals surface area contributed by atoms with E-state index in [0.29, 0.717) is 19.0 Å². The number of unbranched alkanes of at least 4 members (excludes halogenated alkanes) is 2. The van der Waals surface area contributed by atoms with Gasteiger partial charge in [-0.15, -0.1) is 0 Å². The van der Waals surface area contributed by atoms with E-state index < -0.39 is 11.6 Å². The Balaban J connectivity index is 1.37. The molecule has 0 bridgehead atoms. The van der Waals surface area contributed by atoms with Crippen LogP contribution in [0.15, 0.2) is 0 Å². The summed E-state index contributed by atoms with van der Waals surface area (Å²) in [7, 11) is 0. The van der Waals surface area contributed by atoms with Crippen LogP contribution in [0.4, 0.5) is 0 Å². The molecule has 6 nitrogen and oxygen atoms in total. The van der Waals surface area contributed by atoms with Crippen molar-refractivity contribution in [1.82, 2.24) is 5.32 Å². The van der Waals surface area contributed by atoms with E-state index >= 15 is 0 Å². The second-order valence-electron chi connectivity index (χ2n) is 10.9. The first kappa shape index (κ1) is 24.9. The number of carboxylic acids is 1. The van der Waals surface area contributed by atoms with Gasteiger partial charge in [-0.05, 0) is 63.8 Å². The Labute approximate surface area is 188 Å². The van der Waals surface area contributed by atoms with Crippen LogP contribution in [0.25, 0.3) is 0 Å². The van der Waals surface area contributed by atoms with Gasteiger partial charge in [0, 0.05) is 31.3 Å². The number of quaternary nitrogens is 1.